The third-order valence-corrected chi connectivity index (χ3v) is 3.41. The van der Waals surface area contributed by atoms with Crippen molar-refractivity contribution >= 4 is 0 Å². The molecule has 0 bridgehead atoms. The van der Waals surface area contributed by atoms with Gasteiger partial charge < -0.3 is 11.1 Å². The molecule has 2 unspecified atom stereocenters. The summed E-state index contributed by atoms with van der Waals surface area (Å²) < 4.78 is 0. The minimum Gasteiger partial charge on any atom is -0.328 e. The molecule has 1 aromatic rings. The van der Waals surface area contributed by atoms with Crippen LogP contribution in [0.15, 0.2) is 24.5 Å². The summed E-state index contributed by atoms with van der Waals surface area (Å²) in [4.78, 5) is 4.04. The molecule has 0 spiro atoms. The lowest BCUT2D eigenvalue weighted by Gasteiger charge is -2.30. The van der Waals surface area contributed by atoms with E-state index in [0.29, 0.717) is 18.1 Å². The van der Waals surface area contributed by atoms with Gasteiger partial charge in [-0.25, -0.2) is 0 Å². The SMILES string of the molecule is C[C@@H](NC1CCCC(N)C1)c1ccncc1. The molecule has 0 aromatic carbocycles. The third-order valence-electron chi connectivity index (χ3n) is 3.41. The number of hydrogen-bond donors (Lipinski definition) is 2. The molecule has 3 atom stereocenters. The average Bonchev–Trinajstić information content (AvgIpc) is 2.30. The van der Waals surface area contributed by atoms with Crippen molar-refractivity contribution in [2.24, 2.45) is 5.73 Å². The molecule has 2 rings (SSSR count). The first-order valence-corrected chi connectivity index (χ1v) is 6.17. The molecule has 1 aromatic heterocycles. The van der Waals surface area contributed by atoms with Crippen molar-refractivity contribution in [1.82, 2.24) is 10.3 Å². The average molecular weight is 219 g/mol. The zero-order chi connectivity index (χ0) is 11.4. The van der Waals surface area contributed by atoms with Gasteiger partial charge in [0.15, 0.2) is 0 Å². The lowest BCUT2D eigenvalue weighted by Crippen LogP contribution is -2.40. The number of rotatable bonds is 3. The van der Waals surface area contributed by atoms with Crippen LogP contribution in [0.4, 0.5) is 0 Å². The van der Waals surface area contributed by atoms with Gasteiger partial charge in [-0.05, 0) is 43.9 Å². The maximum absolute atomic E-state index is 5.99. The highest BCUT2D eigenvalue weighted by molar-refractivity contribution is 5.14. The van der Waals surface area contributed by atoms with Gasteiger partial charge in [-0.1, -0.05) is 6.42 Å². The van der Waals surface area contributed by atoms with Crippen molar-refractivity contribution in [3.8, 4) is 0 Å². The van der Waals surface area contributed by atoms with Crippen molar-refractivity contribution in [2.75, 3.05) is 0 Å². The fourth-order valence-corrected chi connectivity index (χ4v) is 2.48. The Balaban J connectivity index is 1.89. The molecule has 0 aliphatic heterocycles. The molecule has 3 nitrogen and oxygen atoms in total. The van der Waals surface area contributed by atoms with Crippen LogP contribution < -0.4 is 11.1 Å². The van der Waals surface area contributed by atoms with E-state index in [9.17, 15) is 0 Å². The van der Waals surface area contributed by atoms with Crippen LogP contribution >= 0.6 is 0 Å². The minimum atomic E-state index is 0.385. The van der Waals surface area contributed by atoms with Crippen molar-refractivity contribution in [3.05, 3.63) is 30.1 Å². The second-order valence-electron chi connectivity index (χ2n) is 4.79. The fraction of sp³-hybridized carbons (Fsp3) is 0.615. The van der Waals surface area contributed by atoms with Gasteiger partial charge in [-0.15, -0.1) is 0 Å². The maximum atomic E-state index is 5.99. The molecule has 88 valence electrons. The van der Waals surface area contributed by atoms with Gasteiger partial charge in [0.1, 0.15) is 0 Å². The van der Waals surface area contributed by atoms with E-state index in [1.165, 1.54) is 24.8 Å². The van der Waals surface area contributed by atoms with Crippen LogP contribution in [0.1, 0.15) is 44.2 Å². The Bertz CT molecular complexity index is 312. The highest BCUT2D eigenvalue weighted by atomic mass is 15.0. The molecule has 16 heavy (non-hydrogen) atoms. The number of aromatic nitrogens is 1. The molecule has 0 radical (unpaired) electrons. The molecule has 1 aliphatic rings. The van der Waals surface area contributed by atoms with E-state index >= 15 is 0 Å². The Hall–Kier alpha value is -0.930. The number of nitrogens with one attached hydrogen (secondary N) is 1. The van der Waals surface area contributed by atoms with E-state index in [2.05, 4.69) is 29.4 Å². The summed E-state index contributed by atoms with van der Waals surface area (Å²) in [5.74, 6) is 0. The fourth-order valence-electron chi connectivity index (χ4n) is 2.48. The van der Waals surface area contributed by atoms with Crippen molar-refractivity contribution in [1.29, 1.82) is 0 Å². The Morgan fingerprint density at radius 2 is 2.12 bits per heavy atom. The number of pyridine rings is 1. The first kappa shape index (κ1) is 11.6. The highest BCUT2D eigenvalue weighted by Crippen LogP contribution is 2.20. The van der Waals surface area contributed by atoms with Crippen LogP contribution in [-0.4, -0.2) is 17.1 Å². The van der Waals surface area contributed by atoms with Gasteiger partial charge in [0.2, 0.25) is 0 Å². The lowest BCUT2D eigenvalue weighted by atomic mass is 9.91. The summed E-state index contributed by atoms with van der Waals surface area (Å²) in [7, 11) is 0. The van der Waals surface area contributed by atoms with E-state index in [1.54, 1.807) is 0 Å². The Morgan fingerprint density at radius 1 is 1.38 bits per heavy atom. The maximum Gasteiger partial charge on any atom is 0.0295 e. The first-order valence-electron chi connectivity index (χ1n) is 6.17. The minimum absolute atomic E-state index is 0.385. The summed E-state index contributed by atoms with van der Waals surface area (Å²) in [5, 5.41) is 3.66. The second kappa shape index (κ2) is 5.41. The Labute approximate surface area is 97.5 Å². The molecular weight excluding hydrogens is 198 g/mol. The van der Waals surface area contributed by atoms with Crippen LogP contribution in [0.3, 0.4) is 0 Å². The molecule has 1 fully saturated rings. The smallest absolute Gasteiger partial charge is 0.0295 e. The number of nitrogens with two attached hydrogens (primary N) is 1. The molecular formula is C13H21N3. The van der Waals surface area contributed by atoms with Crippen LogP contribution in [0, 0.1) is 0 Å². The summed E-state index contributed by atoms with van der Waals surface area (Å²) in [5.41, 5.74) is 7.29. The van der Waals surface area contributed by atoms with E-state index in [-0.39, 0.29) is 0 Å². The summed E-state index contributed by atoms with van der Waals surface area (Å²) in [6.07, 6.45) is 8.49. The van der Waals surface area contributed by atoms with Gasteiger partial charge in [0.05, 0.1) is 0 Å². The standard InChI is InChI=1S/C13H21N3/c1-10(11-5-7-15-8-6-11)16-13-4-2-3-12(14)9-13/h5-8,10,12-13,16H,2-4,9,14H2,1H3/t10-,12?,13?/m1/s1. The lowest BCUT2D eigenvalue weighted by molar-refractivity contribution is 0.319. The number of nitrogens with zero attached hydrogens (tertiary/aromatic N) is 1. The van der Waals surface area contributed by atoms with E-state index in [4.69, 9.17) is 5.73 Å². The van der Waals surface area contributed by atoms with E-state index in [1.807, 2.05) is 12.4 Å². The quantitative estimate of drug-likeness (QED) is 0.817. The van der Waals surface area contributed by atoms with Crippen LogP contribution in [0.25, 0.3) is 0 Å². The predicted molar refractivity (Wildman–Crippen MR) is 66.0 cm³/mol. The van der Waals surface area contributed by atoms with Crippen LogP contribution in [-0.2, 0) is 0 Å². The molecule has 1 saturated carbocycles. The van der Waals surface area contributed by atoms with Gasteiger partial charge in [-0.3, -0.25) is 4.98 Å². The molecule has 1 heterocycles. The van der Waals surface area contributed by atoms with Crippen LogP contribution in [0.2, 0.25) is 0 Å². The Morgan fingerprint density at radius 3 is 2.81 bits per heavy atom. The monoisotopic (exact) mass is 219 g/mol. The summed E-state index contributed by atoms with van der Waals surface area (Å²) >= 11 is 0. The predicted octanol–water partition coefficient (Wildman–Crippen LogP) is 2.00. The molecule has 0 amide bonds. The largest absolute Gasteiger partial charge is 0.328 e. The second-order valence-corrected chi connectivity index (χ2v) is 4.79. The summed E-state index contributed by atoms with van der Waals surface area (Å²) in [6.45, 7) is 2.20. The zero-order valence-electron chi connectivity index (χ0n) is 9.89. The highest BCUT2D eigenvalue weighted by Gasteiger charge is 2.20. The molecule has 3 N–H and O–H groups in total. The van der Waals surface area contributed by atoms with Gasteiger partial charge in [0.25, 0.3) is 0 Å². The van der Waals surface area contributed by atoms with Crippen molar-refractivity contribution in [3.63, 3.8) is 0 Å². The normalized spacial score (nSPS) is 27.6. The molecule has 1 aliphatic carbocycles. The van der Waals surface area contributed by atoms with Gasteiger partial charge in [-0.2, -0.15) is 0 Å². The van der Waals surface area contributed by atoms with Gasteiger partial charge >= 0.3 is 0 Å². The topological polar surface area (TPSA) is 50.9 Å². The van der Waals surface area contributed by atoms with Crippen molar-refractivity contribution < 1.29 is 0 Å². The van der Waals surface area contributed by atoms with Crippen LogP contribution in [0.5, 0.6) is 0 Å². The van der Waals surface area contributed by atoms with E-state index < -0.39 is 0 Å². The van der Waals surface area contributed by atoms with Crippen molar-refractivity contribution in [2.45, 2.75) is 50.7 Å². The molecule has 0 saturated heterocycles. The molecule has 3 heteroatoms. The first-order chi connectivity index (χ1) is 7.75. The van der Waals surface area contributed by atoms with Gasteiger partial charge in [0, 0.05) is 30.5 Å². The van der Waals surface area contributed by atoms with E-state index in [0.717, 1.165) is 6.42 Å². The number of hydrogen-bond acceptors (Lipinski definition) is 3. The zero-order valence-corrected chi connectivity index (χ0v) is 9.89. The summed E-state index contributed by atoms with van der Waals surface area (Å²) in [6, 6.07) is 5.49. The third kappa shape index (κ3) is 3.03. The Kier molecular flexibility index (Phi) is 3.91.